The van der Waals surface area contributed by atoms with E-state index in [1.807, 2.05) is 45.2 Å². The van der Waals surface area contributed by atoms with Crippen molar-refractivity contribution < 1.29 is 9.59 Å². The molecular formula is C21H25N3O2S4. The molecule has 0 atom stereocenters. The molecule has 2 saturated heterocycles. The Bertz CT molecular complexity index is 909. The molecule has 4 heterocycles. The monoisotopic (exact) mass is 479 g/mol. The number of likely N-dealkylation sites (tertiary alicyclic amines) is 2. The van der Waals surface area contributed by atoms with Crippen LogP contribution in [0.15, 0.2) is 32.1 Å². The number of rotatable bonds is 5. The average molecular weight is 480 g/mol. The number of aromatic nitrogens is 1. The van der Waals surface area contributed by atoms with Crippen LogP contribution in [-0.2, 0) is 4.79 Å². The molecule has 0 aromatic carbocycles. The Morgan fingerprint density at radius 1 is 1.13 bits per heavy atom. The quantitative estimate of drug-likeness (QED) is 0.455. The van der Waals surface area contributed by atoms with Gasteiger partial charge in [-0.1, -0.05) is 0 Å². The van der Waals surface area contributed by atoms with E-state index in [2.05, 4.69) is 4.37 Å². The average Bonchev–Trinajstić information content (AvgIpc) is 3.51. The Morgan fingerprint density at radius 3 is 2.50 bits per heavy atom. The van der Waals surface area contributed by atoms with Gasteiger partial charge in [-0.05, 0) is 77.2 Å². The van der Waals surface area contributed by atoms with Gasteiger partial charge in [-0.25, -0.2) is 0 Å². The zero-order chi connectivity index (χ0) is 21.1. The smallest absolute Gasteiger partial charge is 0.258 e. The molecule has 160 valence electrons. The van der Waals surface area contributed by atoms with Gasteiger partial charge in [0.05, 0.1) is 9.77 Å². The first-order chi connectivity index (χ1) is 14.5. The SMILES string of the molecule is CSc1nsc(SC)c1C(=O)N1CCC2(CCN(C(=O)/C=C/c3ccsc3)CC2)C1. The van der Waals surface area contributed by atoms with Gasteiger partial charge in [0, 0.05) is 32.3 Å². The molecule has 2 aromatic rings. The number of nitrogens with zero attached hydrogens (tertiary/aromatic N) is 3. The van der Waals surface area contributed by atoms with E-state index in [0.29, 0.717) is 0 Å². The van der Waals surface area contributed by atoms with Crippen LogP contribution in [0.3, 0.4) is 0 Å². The molecule has 0 aliphatic carbocycles. The number of amides is 2. The third-order valence-corrected chi connectivity index (χ3v) is 9.49. The topological polar surface area (TPSA) is 53.5 Å². The van der Waals surface area contributed by atoms with E-state index in [-0.39, 0.29) is 17.2 Å². The van der Waals surface area contributed by atoms with E-state index < -0.39 is 0 Å². The fraction of sp³-hybridized carbons (Fsp3) is 0.476. The van der Waals surface area contributed by atoms with Crippen LogP contribution in [0.4, 0.5) is 0 Å². The summed E-state index contributed by atoms with van der Waals surface area (Å²) in [7, 11) is 0. The minimum atomic E-state index is 0.0838. The molecule has 0 bridgehead atoms. The van der Waals surface area contributed by atoms with Crippen LogP contribution in [-0.4, -0.2) is 64.7 Å². The molecular weight excluding hydrogens is 455 g/mol. The molecule has 30 heavy (non-hydrogen) atoms. The Kier molecular flexibility index (Phi) is 6.91. The number of thiophene rings is 1. The highest BCUT2D eigenvalue weighted by Gasteiger charge is 2.43. The molecule has 2 aromatic heterocycles. The maximum Gasteiger partial charge on any atom is 0.258 e. The molecule has 9 heteroatoms. The van der Waals surface area contributed by atoms with E-state index in [9.17, 15) is 9.59 Å². The van der Waals surface area contributed by atoms with Gasteiger partial charge in [-0.2, -0.15) is 15.7 Å². The predicted molar refractivity (Wildman–Crippen MR) is 128 cm³/mol. The summed E-state index contributed by atoms with van der Waals surface area (Å²) in [5, 5.41) is 4.89. The van der Waals surface area contributed by atoms with Gasteiger partial charge in [0.1, 0.15) is 5.03 Å². The molecule has 0 N–H and O–H groups in total. The molecule has 2 amide bonds. The van der Waals surface area contributed by atoms with Crippen molar-refractivity contribution in [2.24, 2.45) is 5.41 Å². The standard InChI is InChI=1S/C21H25N3O2S4/c1-27-18-17(20(28-2)30-22-18)19(26)24-11-8-21(14-24)6-9-23(10-7-21)16(25)4-3-15-5-12-29-13-15/h3-5,12-13H,6-11,14H2,1-2H3/b4-3+. The fourth-order valence-corrected chi connectivity index (χ4v) is 7.13. The van der Waals surface area contributed by atoms with Crippen molar-refractivity contribution in [3.8, 4) is 0 Å². The number of carbonyl (C=O) groups is 2. The third-order valence-electron chi connectivity index (χ3n) is 6.04. The van der Waals surface area contributed by atoms with Crippen LogP contribution < -0.4 is 0 Å². The fourth-order valence-electron chi connectivity index (χ4n) is 4.24. The van der Waals surface area contributed by atoms with Crippen LogP contribution in [0, 0.1) is 5.41 Å². The van der Waals surface area contributed by atoms with Crippen molar-refractivity contribution in [1.82, 2.24) is 14.2 Å². The summed E-state index contributed by atoms with van der Waals surface area (Å²) in [5.74, 6) is 0.201. The predicted octanol–water partition coefficient (Wildman–Crippen LogP) is 4.82. The minimum absolute atomic E-state index is 0.0838. The van der Waals surface area contributed by atoms with Gasteiger partial charge in [0.25, 0.3) is 5.91 Å². The van der Waals surface area contributed by atoms with Gasteiger partial charge >= 0.3 is 0 Å². The highest BCUT2D eigenvalue weighted by atomic mass is 32.2. The zero-order valence-corrected chi connectivity index (χ0v) is 20.4. The molecule has 5 nitrogen and oxygen atoms in total. The van der Waals surface area contributed by atoms with Crippen molar-refractivity contribution in [1.29, 1.82) is 0 Å². The van der Waals surface area contributed by atoms with E-state index in [4.69, 9.17) is 0 Å². The maximum atomic E-state index is 13.3. The van der Waals surface area contributed by atoms with Gasteiger partial charge in [0.2, 0.25) is 5.91 Å². The number of thioether (sulfide) groups is 2. The maximum absolute atomic E-state index is 13.3. The van der Waals surface area contributed by atoms with Crippen molar-refractivity contribution in [3.05, 3.63) is 34.0 Å². The number of hydrogen-bond donors (Lipinski definition) is 0. The Morgan fingerprint density at radius 2 is 1.87 bits per heavy atom. The Balaban J connectivity index is 1.36. The minimum Gasteiger partial charge on any atom is -0.339 e. The molecule has 0 saturated carbocycles. The first-order valence-corrected chi connectivity index (χ1v) is 14.1. The van der Waals surface area contributed by atoms with E-state index in [1.165, 1.54) is 11.5 Å². The first-order valence-electron chi connectivity index (χ1n) is 9.91. The second-order valence-electron chi connectivity index (χ2n) is 7.75. The van der Waals surface area contributed by atoms with Gasteiger partial charge in [-0.15, -0.1) is 23.5 Å². The molecule has 1 spiro atoms. The van der Waals surface area contributed by atoms with Crippen molar-refractivity contribution >= 4 is 64.3 Å². The zero-order valence-electron chi connectivity index (χ0n) is 17.1. The van der Waals surface area contributed by atoms with Crippen LogP contribution in [0.5, 0.6) is 0 Å². The summed E-state index contributed by atoms with van der Waals surface area (Å²) >= 11 is 6.19. The summed E-state index contributed by atoms with van der Waals surface area (Å²) in [6.45, 7) is 3.11. The molecule has 0 radical (unpaired) electrons. The van der Waals surface area contributed by atoms with Crippen LogP contribution >= 0.6 is 46.4 Å². The summed E-state index contributed by atoms with van der Waals surface area (Å²) < 4.78 is 5.46. The summed E-state index contributed by atoms with van der Waals surface area (Å²) in [6.07, 6.45) is 10.5. The highest BCUT2D eigenvalue weighted by molar-refractivity contribution is 8.01. The lowest BCUT2D eigenvalue weighted by molar-refractivity contribution is -0.128. The summed E-state index contributed by atoms with van der Waals surface area (Å²) in [6, 6.07) is 2.01. The highest BCUT2D eigenvalue weighted by Crippen LogP contribution is 2.42. The number of piperidine rings is 1. The lowest BCUT2D eigenvalue weighted by Gasteiger charge is -2.39. The van der Waals surface area contributed by atoms with Crippen LogP contribution in [0.2, 0.25) is 0 Å². The third kappa shape index (κ3) is 4.49. The van der Waals surface area contributed by atoms with Crippen molar-refractivity contribution in [3.63, 3.8) is 0 Å². The van der Waals surface area contributed by atoms with Crippen LogP contribution in [0.25, 0.3) is 6.08 Å². The van der Waals surface area contributed by atoms with E-state index in [1.54, 1.807) is 40.9 Å². The van der Waals surface area contributed by atoms with Gasteiger partial charge < -0.3 is 9.80 Å². The molecule has 2 aliphatic heterocycles. The first kappa shape index (κ1) is 21.9. The van der Waals surface area contributed by atoms with Crippen molar-refractivity contribution in [2.45, 2.75) is 28.5 Å². The number of hydrogen-bond acceptors (Lipinski definition) is 7. The summed E-state index contributed by atoms with van der Waals surface area (Å²) in [4.78, 5) is 29.7. The summed E-state index contributed by atoms with van der Waals surface area (Å²) in [5.41, 5.74) is 2.00. The molecule has 0 unspecified atom stereocenters. The van der Waals surface area contributed by atoms with Crippen LogP contribution in [0.1, 0.15) is 35.2 Å². The van der Waals surface area contributed by atoms with Gasteiger partial charge in [-0.3, -0.25) is 9.59 Å². The second kappa shape index (κ2) is 9.46. The normalized spacial score (nSPS) is 18.6. The molecule has 4 rings (SSSR count). The lowest BCUT2D eigenvalue weighted by atomic mass is 9.78. The molecule has 2 fully saturated rings. The Hall–Kier alpha value is -1.29. The molecule has 2 aliphatic rings. The van der Waals surface area contributed by atoms with E-state index >= 15 is 0 Å². The largest absolute Gasteiger partial charge is 0.339 e. The lowest BCUT2D eigenvalue weighted by Crippen LogP contribution is -2.44. The Labute approximate surface area is 194 Å². The second-order valence-corrected chi connectivity index (χ2v) is 11.2. The number of carbonyl (C=O) groups excluding carboxylic acids is 2. The van der Waals surface area contributed by atoms with Gasteiger partial charge in [0.15, 0.2) is 0 Å². The van der Waals surface area contributed by atoms with E-state index in [0.717, 1.165) is 65.8 Å². The van der Waals surface area contributed by atoms with Crippen molar-refractivity contribution in [2.75, 3.05) is 38.7 Å².